The Kier molecular flexibility index (Phi) is 6.25. The Labute approximate surface area is 164 Å². The minimum Gasteiger partial charge on any atom is -0.449 e. The molecule has 2 aromatic heterocycles. The van der Waals surface area contributed by atoms with Crippen molar-refractivity contribution in [1.29, 1.82) is 0 Å². The van der Waals surface area contributed by atoms with E-state index in [1.807, 2.05) is 17.5 Å². The standard InChI is InChI=1S/C18H17N3O4S2/c1-11-7-16(25-21-11)20-17(22)12(2)24-18(23)14-5-3-4-6-15(14)27-9-13-8-26-10-19-13/h3-8,10,12H,9H2,1-2H3,(H,20,22). The van der Waals surface area contributed by atoms with Crippen molar-refractivity contribution in [3.05, 3.63) is 58.2 Å². The zero-order valence-electron chi connectivity index (χ0n) is 14.7. The highest BCUT2D eigenvalue weighted by Gasteiger charge is 2.22. The third kappa shape index (κ3) is 5.18. The number of thiazole rings is 1. The molecule has 27 heavy (non-hydrogen) atoms. The molecule has 1 aromatic carbocycles. The Morgan fingerprint density at radius 1 is 1.37 bits per heavy atom. The van der Waals surface area contributed by atoms with Gasteiger partial charge in [0.25, 0.3) is 5.91 Å². The zero-order valence-corrected chi connectivity index (χ0v) is 16.3. The maximum Gasteiger partial charge on any atom is 0.340 e. The molecule has 0 fully saturated rings. The predicted octanol–water partition coefficient (Wildman–Crippen LogP) is 3.92. The van der Waals surface area contributed by atoms with Crippen LogP contribution in [0.25, 0.3) is 0 Å². The number of ether oxygens (including phenoxy) is 1. The first-order valence-corrected chi connectivity index (χ1v) is 10.00. The number of nitrogens with one attached hydrogen (secondary N) is 1. The third-order valence-corrected chi connectivity index (χ3v) is 5.24. The van der Waals surface area contributed by atoms with E-state index in [-0.39, 0.29) is 5.88 Å². The number of thioether (sulfide) groups is 1. The number of benzene rings is 1. The van der Waals surface area contributed by atoms with E-state index in [4.69, 9.17) is 9.26 Å². The average Bonchev–Trinajstić information content (AvgIpc) is 3.31. The third-order valence-electron chi connectivity index (χ3n) is 3.49. The van der Waals surface area contributed by atoms with E-state index in [0.717, 1.165) is 10.6 Å². The summed E-state index contributed by atoms with van der Waals surface area (Å²) in [6, 6.07) is 8.71. The summed E-state index contributed by atoms with van der Waals surface area (Å²) in [6.07, 6.45) is -0.987. The van der Waals surface area contributed by atoms with Gasteiger partial charge in [0.1, 0.15) is 0 Å². The summed E-state index contributed by atoms with van der Waals surface area (Å²) in [5.74, 6) is -0.200. The zero-order chi connectivity index (χ0) is 19.2. The lowest BCUT2D eigenvalue weighted by Gasteiger charge is -2.14. The largest absolute Gasteiger partial charge is 0.449 e. The molecule has 2 heterocycles. The molecule has 7 nitrogen and oxygen atoms in total. The number of aromatic nitrogens is 2. The molecule has 0 bridgehead atoms. The van der Waals surface area contributed by atoms with Crippen LogP contribution in [0.15, 0.2) is 50.6 Å². The van der Waals surface area contributed by atoms with Crippen molar-refractivity contribution < 1.29 is 18.8 Å². The molecule has 1 amide bonds. The maximum atomic E-state index is 12.5. The van der Waals surface area contributed by atoms with Crippen LogP contribution >= 0.6 is 23.1 Å². The van der Waals surface area contributed by atoms with Gasteiger partial charge in [0.15, 0.2) is 6.10 Å². The van der Waals surface area contributed by atoms with Gasteiger partial charge in [-0.1, -0.05) is 17.3 Å². The second-order valence-corrected chi connectivity index (χ2v) is 7.37. The van der Waals surface area contributed by atoms with Gasteiger partial charge in [-0.15, -0.1) is 23.1 Å². The van der Waals surface area contributed by atoms with E-state index < -0.39 is 18.0 Å². The van der Waals surface area contributed by atoms with Crippen LogP contribution in [0.1, 0.15) is 28.7 Å². The minimum absolute atomic E-state index is 0.208. The Morgan fingerprint density at radius 3 is 2.89 bits per heavy atom. The van der Waals surface area contributed by atoms with Crippen LogP contribution in [0, 0.1) is 6.92 Å². The topological polar surface area (TPSA) is 94.3 Å². The number of esters is 1. The van der Waals surface area contributed by atoms with Crippen molar-refractivity contribution in [2.75, 3.05) is 5.32 Å². The van der Waals surface area contributed by atoms with Gasteiger partial charge in [-0.25, -0.2) is 9.78 Å². The van der Waals surface area contributed by atoms with Crippen molar-refractivity contribution in [2.45, 2.75) is 30.6 Å². The van der Waals surface area contributed by atoms with Crippen LogP contribution in [-0.2, 0) is 15.3 Å². The summed E-state index contributed by atoms with van der Waals surface area (Å²) in [5, 5.41) is 8.17. The molecule has 140 valence electrons. The number of aryl methyl sites for hydroxylation is 1. The molecule has 0 spiro atoms. The highest BCUT2D eigenvalue weighted by atomic mass is 32.2. The molecule has 0 saturated carbocycles. The molecular weight excluding hydrogens is 386 g/mol. The molecule has 1 unspecified atom stereocenters. The lowest BCUT2D eigenvalue weighted by atomic mass is 10.2. The summed E-state index contributed by atoms with van der Waals surface area (Å²) in [6.45, 7) is 3.24. The highest BCUT2D eigenvalue weighted by molar-refractivity contribution is 7.98. The molecule has 0 aliphatic carbocycles. The number of carbonyl (C=O) groups excluding carboxylic acids is 2. The minimum atomic E-state index is -0.987. The summed E-state index contributed by atoms with van der Waals surface area (Å²) in [7, 11) is 0. The Hall–Kier alpha value is -2.65. The fraction of sp³-hybridized carbons (Fsp3) is 0.222. The van der Waals surface area contributed by atoms with E-state index in [9.17, 15) is 9.59 Å². The van der Waals surface area contributed by atoms with Crippen LogP contribution in [0.4, 0.5) is 5.88 Å². The van der Waals surface area contributed by atoms with Gasteiger partial charge in [0, 0.05) is 22.1 Å². The van der Waals surface area contributed by atoms with E-state index >= 15 is 0 Å². The first kappa shape index (κ1) is 19.1. The normalized spacial score (nSPS) is 11.8. The number of anilines is 1. The Balaban J connectivity index is 1.62. The first-order valence-electron chi connectivity index (χ1n) is 8.07. The number of amides is 1. The first-order chi connectivity index (χ1) is 13.0. The molecule has 0 aliphatic rings. The fourth-order valence-electron chi connectivity index (χ4n) is 2.14. The van der Waals surface area contributed by atoms with Gasteiger partial charge >= 0.3 is 5.97 Å². The van der Waals surface area contributed by atoms with Crippen molar-refractivity contribution in [3.8, 4) is 0 Å². The van der Waals surface area contributed by atoms with Crippen molar-refractivity contribution in [2.24, 2.45) is 0 Å². The number of nitrogens with zero attached hydrogens (tertiary/aromatic N) is 2. The molecule has 9 heteroatoms. The second kappa shape index (κ2) is 8.83. The molecular formula is C18H17N3O4S2. The van der Waals surface area contributed by atoms with Gasteiger partial charge in [0.05, 0.1) is 22.5 Å². The summed E-state index contributed by atoms with van der Waals surface area (Å²) in [5.41, 5.74) is 3.77. The summed E-state index contributed by atoms with van der Waals surface area (Å²) in [4.78, 5) is 29.7. The molecule has 1 N–H and O–H groups in total. The summed E-state index contributed by atoms with van der Waals surface area (Å²) < 4.78 is 10.2. The van der Waals surface area contributed by atoms with Gasteiger partial charge in [-0.05, 0) is 26.0 Å². The van der Waals surface area contributed by atoms with E-state index in [1.54, 1.807) is 30.6 Å². The lowest BCUT2D eigenvalue weighted by Crippen LogP contribution is -2.30. The fourth-order valence-corrected chi connectivity index (χ4v) is 3.75. The van der Waals surface area contributed by atoms with Crippen molar-refractivity contribution >= 4 is 40.9 Å². The van der Waals surface area contributed by atoms with Gasteiger partial charge in [-0.2, -0.15) is 0 Å². The van der Waals surface area contributed by atoms with E-state index in [2.05, 4.69) is 15.5 Å². The second-order valence-electron chi connectivity index (χ2n) is 5.63. The Bertz CT molecular complexity index is 924. The molecule has 3 aromatic rings. The molecule has 0 radical (unpaired) electrons. The highest BCUT2D eigenvalue weighted by Crippen LogP contribution is 2.27. The predicted molar refractivity (Wildman–Crippen MR) is 103 cm³/mol. The average molecular weight is 403 g/mol. The number of rotatable bonds is 7. The molecule has 0 saturated heterocycles. The lowest BCUT2D eigenvalue weighted by molar-refractivity contribution is -0.123. The summed E-state index contributed by atoms with van der Waals surface area (Å²) >= 11 is 3.02. The molecule has 1 atom stereocenters. The maximum absolute atomic E-state index is 12.5. The number of hydrogen-bond acceptors (Lipinski definition) is 8. The van der Waals surface area contributed by atoms with E-state index in [0.29, 0.717) is 17.0 Å². The smallest absolute Gasteiger partial charge is 0.340 e. The number of hydrogen-bond donors (Lipinski definition) is 1. The van der Waals surface area contributed by atoms with Crippen molar-refractivity contribution in [3.63, 3.8) is 0 Å². The van der Waals surface area contributed by atoms with E-state index in [1.165, 1.54) is 30.0 Å². The van der Waals surface area contributed by atoms with Crippen LogP contribution in [0.2, 0.25) is 0 Å². The monoisotopic (exact) mass is 403 g/mol. The van der Waals surface area contributed by atoms with Crippen LogP contribution in [-0.4, -0.2) is 28.1 Å². The Morgan fingerprint density at radius 2 is 2.19 bits per heavy atom. The van der Waals surface area contributed by atoms with Crippen molar-refractivity contribution in [1.82, 2.24) is 10.1 Å². The molecule has 0 aliphatic heterocycles. The van der Waals surface area contributed by atoms with Gasteiger partial charge in [0.2, 0.25) is 5.88 Å². The van der Waals surface area contributed by atoms with Gasteiger partial charge in [-0.3, -0.25) is 10.1 Å². The number of carbonyl (C=O) groups is 2. The quantitative estimate of drug-likeness (QED) is 0.472. The van der Waals surface area contributed by atoms with Crippen LogP contribution in [0.5, 0.6) is 0 Å². The van der Waals surface area contributed by atoms with Gasteiger partial charge < -0.3 is 9.26 Å². The SMILES string of the molecule is Cc1cc(NC(=O)C(C)OC(=O)c2ccccc2SCc2cscn2)on1. The molecule has 3 rings (SSSR count). The van der Waals surface area contributed by atoms with Crippen LogP contribution in [0.3, 0.4) is 0 Å². The van der Waals surface area contributed by atoms with Crippen LogP contribution < -0.4 is 5.32 Å².